The lowest BCUT2D eigenvalue weighted by Crippen LogP contribution is -2.36. The standard InChI is InChI=1S/C20H25N3O2/c1-16-3-7-19(22(16)2)15-21-20(24)10-6-17-4-8-18(9-5-17)23-11-13-25-14-12-23/h3-10H,11-15H2,1-2H3,(H,21,24)/b10-6+. The van der Waals surface area contributed by atoms with Gasteiger partial charge in [0.15, 0.2) is 0 Å². The maximum Gasteiger partial charge on any atom is 0.244 e. The fourth-order valence-corrected chi connectivity index (χ4v) is 2.87. The summed E-state index contributed by atoms with van der Waals surface area (Å²) in [5.74, 6) is -0.0869. The molecule has 0 saturated carbocycles. The number of aryl methyl sites for hydroxylation is 1. The molecule has 1 aliphatic rings. The van der Waals surface area contributed by atoms with Crippen molar-refractivity contribution in [3.63, 3.8) is 0 Å². The van der Waals surface area contributed by atoms with Crippen LogP contribution in [-0.4, -0.2) is 36.8 Å². The van der Waals surface area contributed by atoms with Crippen molar-refractivity contribution in [3.05, 3.63) is 59.4 Å². The van der Waals surface area contributed by atoms with Crippen molar-refractivity contribution in [1.82, 2.24) is 9.88 Å². The Morgan fingerprint density at radius 3 is 2.52 bits per heavy atom. The number of nitrogens with one attached hydrogen (secondary N) is 1. The summed E-state index contributed by atoms with van der Waals surface area (Å²) in [4.78, 5) is 14.3. The van der Waals surface area contributed by atoms with Gasteiger partial charge in [0, 0.05) is 43.3 Å². The molecular formula is C20H25N3O2. The van der Waals surface area contributed by atoms with Crippen LogP contribution < -0.4 is 10.2 Å². The van der Waals surface area contributed by atoms with Crippen molar-refractivity contribution < 1.29 is 9.53 Å². The summed E-state index contributed by atoms with van der Waals surface area (Å²) in [5.41, 5.74) is 4.49. The fourth-order valence-electron chi connectivity index (χ4n) is 2.87. The van der Waals surface area contributed by atoms with E-state index in [0.717, 1.165) is 37.6 Å². The minimum atomic E-state index is -0.0869. The van der Waals surface area contributed by atoms with Crippen molar-refractivity contribution in [2.24, 2.45) is 7.05 Å². The van der Waals surface area contributed by atoms with E-state index in [-0.39, 0.29) is 5.91 Å². The second kappa shape index (κ2) is 8.03. The van der Waals surface area contributed by atoms with Crippen LogP contribution in [0.5, 0.6) is 0 Å². The molecule has 3 rings (SSSR count). The highest BCUT2D eigenvalue weighted by Gasteiger charge is 2.10. The smallest absolute Gasteiger partial charge is 0.244 e. The van der Waals surface area contributed by atoms with Gasteiger partial charge < -0.3 is 19.5 Å². The van der Waals surface area contributed by atoms with Gasteiger partial charge in [0.1, 0.15) is 0 Å². The first kappa shape index (κ1) is 17.3. The zero-order valence-electron chi connectivity index (χ0n) is 14.9. The molecule has 25 heavy (non-hydrogen) atoms. The monoisotopic (exact) mass is 339 g/mol. The highest BCUT2D eigenvalue weighted by atomic mass is 16.5. The summed E-state index contributed by atoms with van der Waals surface area (Å²) in [5, 5.41) is 2.92. The number of nitrogens with zero attached hydrogens (tertiary/aromatic N) is 2. The Balaban J connectivity index is 1.52. The van der Waals surface area contributed by atoms with E-state index < -0.39 is 0 Å². The molecule has 1 aliphatic heterocycles. The van der Waals surface area contributed by atoms with Gasteiger partial charge in [0.25, 0.3) is 0 Å². The minimum absolute atomic E-state index is 0.0869. The Hall–Kier alpha value is -2.53. The molecule has 0 unspecified atom stereocenters. The van der Waals surface area contributed by atoms with Gasteiger partial charge in [-0.25, -0.2) is 0 Å². The van der Waals surface area contributed by atoms with Gasteiger partial charge in [-0.1, -0.05) is 12.1 Å². The molecule has 0 spiro atoms. The molecule has 0 radical (unpaired) electrons. The highest BCUT2D eigenvalue weighted by molar-refractivity contribution is 5.91. The topological polar surface area (TPSA) is 46.5 Å². The summed E-state index contributed by atoms with van der Waals surface area (Å²) in [6.07, 6.45) is 3.42. The van der Waals surface area contributed by atoms with E-state index in [9.17, 15) is 4.79 Å². The van der Waals surface area contributed by atoms with Gasteiger partial charge in [-0.2, -0.15) is 0 Å². The third kappa shape index (κ3) is 4.51. The minimum Gasteiger partial charge on any atom is -0.378 e. The van der Waals surface area contributed by atoms with Crippen LogP contribution in [0.15, 0.2) is 42.5 Å². The molecule has 1 saturated heterocycles. The van der Waals surface area contributed by atoms with Crippen molar-refractivity contribution >= 4 is 17.7 Å². The molecule has 5 heteroatoms. The Morgan fingerprint density at radius 2 is 1.88 bits per heavy atom. The number of carbonyl (C=O) groups is 1. The van der Waals surface area contributed by atoms with E-state index in [0.29, 0.717) is 6.54 Å². The first-order valence-electron chi connectivity index (χ1n) is 8.63. The number of benzene rings is 1. The lowest BCUT2D eigenvalue weighted by molar-refractivity contribution is -0.116. The molecule has 1 aromatic carbocycles. The zero-order chi connectivity index (χ0) is 17.6. The molecule has 2 aromatic rings. The molecule has 1 aromatic heterocycles. The first-order valence-corrected chi connectivity index (χ1v) is 8.63. The van der Waals surface area contributed by atoms with Gasteiger partial charge in [0.05, 0.1) is 19.8 Å². The summed E-state index contributed by atoms with van der Waals surface area (Å²) < 4.78 is 7.45. The number of hydrogen-bond donors (Lipinski definition) is 1. The molecule has 0 aliphatic carbocycles. The van der Waals surface area contributed by atoms with Gasteiger partial charge in [-0.05, 0) is 42.8 Å². The van der Waals surface area contributed by atoms with Crippen LogP contribution in [0.4, 0.5) is 5.69 Å². The van der Waals surface area contributed by atoms with Crippen LogP contribution in [0.3, 0.4) is 0 Å². The number of hydrogen-bond acceptors (Lipinski definition) is 3. The largest absolute Gasteiger partial charge is 0.378 e. The van der Waals surface area contributed by atoms with Gasteiger partial charge in [0.2, 0.25) is 5.91 Å². The van der Waals surface area contributed by atoms with Gasteiger partial charge >= 0.3 is 0 Å². The van der Waals surface area contributed by atoms with E-state index >= 15 is 0 Å². The average Bonchev–Trinajstić information content (AvgIpc) is 2.98. The van der Waals surface area contributed by atoms with Crippen LogP contribution in [0.1, 0.15) is 17.0 Å². The number of carbonyl (C=O) groups excluding carboxylic acids is 1. The predicted octanol–water partition coefficient (Wildman–Crippen LogP) is 2.50. The lowest BCUT2D eigenvalue weighted by Gasteiger charge is -2.28. The van der Waals surface area contributed by atoms with Crippen molar-refractivity contribution in [2.45, 2.75) is 13.5 Å². The van der Waals surface area contributed by atoms with E-state index in [1.54, 1.807) is 6.08 Å². The summed E-state index contributed by atoms with van der Waals surface area (Å²) >= 11 is 0. The Labute approximate surface area is 148 Å². The van der Waals surface area contributed by atoms with E-state index in [1.165, 1.54) is 11.4 Å². The van der Waals surface area contributed by atoms with Crippen LogP contribution in [-0.2, 0) is 23.1 Å². The van der Waals surface area contributed by atoms with Crippen molar-refractivity contribution in [1.29, 1.82) is 0 Å². The van der Waals surface area contributed by atoms with Crippen LogP contribution in [0.25, 0.3) is 6.08 Å². The van der Waals surface area contributed by atoms with Crippen LogP contribution >= 0.6 is 0 Å². The molecular weight excluding hydrogens is 314 g/mol. The second-order valence-electron chi connectivity index (χ2n) is 6.27. The number of morpholine rings is 1. The SMILES string of the molecule is Cc1ccc(CNC(=O)/C=C/c2ccc(N3CCOCC3)cc2)n1C. The van der Waals surface area contributed by atoms with E-state index in [1.807, 2.05) is 44.3 Å². The normalized spacial score (nSPS) is 14.9. The number of ether oxygens (including phenoxy) is 1. The number of amides is 1. The lowest BCUT2D eigenvalue weighted by atomic mass is 10.1. The molecule has 2 heterocycles. The molecule has 1 amide bonds. The third-order valence-electron chi connectivity index (χ3n) is 4.62. The summed E-state index contributed by atoms with van der Waals surface area (Å²) in [6, 6.07) is 12.3. The Kier molecular flexibility index (Phi) is 5.56. The molecule has 5 nitrogen and oxygen atoms in total. The first-order chi connectivity index (χ1) is 12.1. The molecule has 0 bridgehead atoms. The molecule has 1 N–H and O–H groups in total. The molecule has 132 valence electrons. The average molecular weight is 339 g/mol. The quantitative estimate of drug-likeness (QED) is 0.852. The van der Waals surface area contributed by atoms with E-state index in [2.05, 4.69) is 26.9 Å². The van der Waals surface area contributed by atoms with Crippen molar-refractivity contribution in [3.8, 4) is 0 Å². The Bertz CT molecular complexity index is 741. The van der Waals surface area contributed by atoms with E-state index in [4.69, 9.17) is 4.74 Å². The predicted molar refractivity (Wildman–Crippen MR) is 101 cm³/mol. The van der Waals surface area contributed by atoms with Crippen LogP contribution in [0.2, 0.25) is 0 Å². The molecule has 0 atom stereocenters. The van der Waals surface area contributed by atoms with Crippen LogP contribution in [0, 0.1) is 6.92 Å². The summed E-state index contributed by atoms with van der Waals surface area (Å²) in [6.45, 7) is 5.99. The van der Waals surface area contributed by atoms with Crippen molar-refractivity contribution in [2.75, 3.05) is 31.2 Å². The number of aromatic nitrogens is 1. The molecule has 1 fully saturated rings. The zero-order valence-corrected chi connectivity index (χ0v) is 14.9. The maximum atomic E-state index is 12.0. The highest BCUT2D eigenvalue weighted by Crippen LogP contribution is 2.17. The Morgan fingerprint density at radius 1 is 1.16 bits per heavy atom. The third-order valence-corrected chi connectivity index (χ3v) is 4.62. The number of rotatable bonds is 5. The second-order valence-corrected chi connectivity index (χ2v) is 6.27. The maximum absolute atomic E-state index is 12.0. The number of anilines is 1. The van der Waals surface area contributed by atoms with Gasteiger partial charge in [-0.15, -0.1) is 0 Å². The van der Waals surface area contributed by atoms with Gasteiger partial charge in [-0.3, -0.25) is 4.79 Å². The fraction of sp³-hybridized carbons (Fsp3) is 0.350. The summed E-state index contributed by atoms with van der Waals surface area (Å²) in [7, 11) is 2.00.